The highest BCUT2D eigenvalue weighted by atomic mass is 31.1. The summed E-state index contributed by atoms with van der Waals surface area (Å²) in [5.41, 5.74) is 1.73. The molecule has 1 radical (unpaired) electrons. The predicted octanol–water partition coefficient (Wildman–Crippen LogP) is 6.64. The summed E-state index contributed by atoms with van der Waals surface area (Å²) in [7, 11) is -2.51. The summed E-state index contributed by atoms with van der Waals surface area (Å²) in [6, 6.07) is 9.04. The molecule has 0 aromatic heterocycles. The fourth-order valence-electron chi connectivity index (χ4n) is 3.64. The fourth-order valence-corrected chi connectivity index (χ4v) is 4.91. The molecule has 0 aliphatic rings. The highest BCUT2D eigenvalue weighted by molar-refractivity contribution is 7.66. The van der Waals surface area contributed by atoms with Crippen molar-refractivity contribution in [1.82, 2.24) is 0 Å². The number of Topliss-reactive ketones (excluding diaryl/α,β-unsaturated/α-hetero) is 1. The molecule has 2 atom stereocenters. The average molecular weight is 458 g/mol. The van der Waals surface area contributed by atoms with E-state index < -0.39 is 24.8 Å². The fraction of sp³-hybridized carbons (Fsp3) is 0.462. The Hall–Kier alpha value is -2.52. The Bertz CT molecular complexity index is 986. The third-order valence-electron chi connectivity index (χ3n) is 5.38. The van der Waals surface area contributed by atoms with Crippen LogP contribution < -0.4 is 9.47 Å². The van der Waals surface area contributed by atoms with Crippen molar-refractivity contribution in [2.75, 3.05) is 13.2 Å². The molecule has 173 valence electrons. The van der Waals surface area contributed by atoms with E-state index in [4.69, 9.17) is 9.47 Å². The molecule has 6 heteroatoms. The summed E-state index contributed by atoms with van der Waals surface area (Å²) in [4.78, 5) is 26.6. The number of hydrogen-bond donors (Lipinski definition) is 0. The Morgan fingerprint density at radius 1 is 0.938 bits per heavy atom. The summed E-state index contributed by atoms with van der Waals surface area (Å²) >= 11 is 0. The Morgan fingerprint density at radius 3 is 1.81 bits per heavy atom. The number of carbonyl (C=O) groups is 2. The first-order valence-electron chi connectivity index (χ1n) is 11.0. The lowest BCUT2D eigenvalue weighted by Crippen LogP contribution is -2.19. The molecule has 0 spiro atoms. The van der Waals surface area contributed by atoms with E-state index in [0.717, 1.165) is 16.7 Å². The SMILES string of the molecule is CCOc1cccc(OCC)c1C(=O)C(C)[P](=O)C(=O)c1c(C)cc(C(C)(C)C)cc1C. The molecule has 2 rings (SSSR count). The van der Waals surface area contributed by atoms with Gasteiger partial charge in [0.05, 0.1) is 18.9 Å². The van der Waals surface area contributed by atoms with Crippen LogP contribution in [0.5, 0.6) is 11.5 Å². The van der Waals surface area contributed by atoms with Crippen molar-refractivity contribution in [3.8, 4) is 11.5 Å². The number of rotatable bonds is 9. The minimum Gasteiger partial charge on any atom is -0.493 e. The van der Waals surface area contributed by atoms with Gasteiger partial charge < -0.3 is 9.47 Å². The predicted molar refractivity (Wildman–Crippen MR) is 129 cm³/mol. The first-order chi connectivity index (χ1) is 14.9. The Labute approximate surface area is 192 Å². The minimum atomic E-state index is -2.51. The van der Waals surface area contributed by atoms with Crippen LogP contribution in [0.3, 0.4) is 0 Å². The molecule has 0 aliphatic heterocycles. The van der Waals surface area contributed by atoms with Gasteiger partial charge in [-0.3, -0.25) is 14.2 Å². The average Bonchev–Trinajstić information content (AvgIpc) is 2.71. The highest BCUT2D eigenvalue weighted by Crippen LogP contribution is 2.40. The van der Waals surface area contributed by atoms with Crippen LogP contribution >= 0.6 is 7.80 Å². The van der Waals surface area contributed by atoms with Crippen LogP contribution in [0, 0.1) is 13.8 Å². The Balaban J connectivity index is 2.44. The van der Waals surface area contributed by atoms with Crippen LogP contribution in [0.2, 0.25) is 0 Å². The number of benzene rings is 2. The standard InChI is InChI=1S/C26H34O5P/c1-9-30-20-12-11-13-21(31-10-2)23(20)24(27)18(5)32(29)25(28)22-16(3)14-19(15-17(22)4)26(6,7)8/h11-15,18H,9-10H2,1-8H3. The van der Waals surface area contributed by atoms with Gasteiger partial charge in [-0.2, -0.15) is 0 Å². The molecule has 32 heavy (non-hydrogen) atoms. The first kappa shape index (κ1) is 25.7. The summed E-state index contributed by atoms with van der Waals surface area (Å²) in [6.07, 6.45) is 0. The van der Waals surface area contributed by atoms with Crippen LogP contribution in [-0.2, 0) is 9.98 Å². The third-order valence-corrected chi connectivity index (χ3v) is 6.94. The summed E-state index contributed by atoms with van der Waals surface area (Å²) < 4.78 is 24.5. The molecule has 0 fully saturated rings. The van der Waals surface area contributed by atoms with Gasteiger partial charge in [0, 0.05) is 5.56 Å². The van der Waals surface area contributed by atoms with Crippen molar-refractivity contribution in [2.24, 2.45) is 0 Å². The smallest absolute Gasteiger partial charge is 0.243 e. The lowest BCUT2D eigenvalue weighted by molar-refractivity contribution is 0.0975. The van der Waals surface area contributed by atoms with E-state index in [-0.39, 0.29) is 11.0 Å². The van der Waals surface area contributed by atoms with Crippen LogP contribution in [0.25, 0.3) is 0 Å². The van der Waals surface area contributed by atoms with Crippen LogP contribution in [-0.4, -0.2) is 30.2 Å². The van der Waals surface area contributed by atoms with Gasteiger partial charge in [-0.05, 0) is 68.9 Å². The minimum absolute atomic E-state index is 0.0682. The molecule has 0 saturated heterocycles. The quantitative estimate of drug-likeness (QED) is 0.312. The monoisotopic (exact) mass is 457 g/mol. The van der Waals surface area contributed by atoms with E-state index in [1.807, 2.05) is 39.8 Å². The van der Waals surface area contributed by atoms with Crippen LogP contribution in [0.4, 0.5) is 0 Å². The lowest BCUT2D eigenvalue weighted by atomic mass is 9.84. The zero-order valence-electron chi connectivity index (χ0n) is 20.4. The van der Waals surface area contributed by atoms with E-state index in [1.165, 1.54) is 6.92 Å². The molecule has 0 bridgehead atoms. The molecule has 0 saturated carbocycles. The van der Waals surface area contributed by atoms with E-state index in [2.05, 4.69) is 20.8 Å². The summed E-state index contributed by atoms with van der Waals surface area (Å²) in [6.45, 7) is 15.9. The number of carbonyl (C=O) groups excluding carboxylic acids is 2. The molecule has 2 aromatic rings. The molecule has 2 aromatic carbocycles. The van der Waals surface area contributed by atoms with Gasteiger partial charge in [-0.15, -0.1) is 0 Å². The molecular weight excluding hydrogens is 423 g/mol. The molecule has 0 aliphatic carbocycles. The van der Waals surface area contributed by atoms with E-state index in [1.54, 1.807) is 18.2 Å². The number of aryl methyl sites for hydroxylation is 2. The van der Waals surface area contributed by atoms with Crippen molar-refractivity contribution in [2.45, 2.75) is 66.5 Å². The van der Waals surface area contributed by atoms with Crippen molar-refractivity contribution in [3.05, 3.63) is 58.1 Å². The lowest BCUT2D eigenvalue weighted by Gasteiger charge is -2.22. The van der Waals surface area contributed by atoms with Crippen LogP contribution in [0.1, 0.15) is 78.9 Å². The molecule has 5 nitrogen and oxygen atoms in total. The van der Waals surface area contributed by atoms with Crippen molar-refractivity contribution >= 4 is 19.1 Å². The molecule has 0 N–H and O–H groups in total. The maximum atomic E-state index is 13.4. The van der Waals surface area contributed by atoms with Gasteiger partial charge in [0.2, 0.25) is 5.52 Å². The van der Waals surface area contributed by atoms with E-state index in [9.17, 15) is 14.2 Å². The van der Waals surface area contributed by atoms with Crippen LogP contribution in [0.15, 0.2) is 30.3 Å². The van der Waals surface area contributed by atoms with Crippen molar-refractivity contribution in [3.63, 3.8) is 0 Å². The second-order valence-corrected chi connectivity index (χ2v) is 10.7. The Kier molecular flexibility index (Phi) is 8.36. The van der Waals surface area contributed by atoms with Crippen molar-refractivity contribution < 1.29 is 23.6 Å². The second kappa shape index (κ2) is 10.4. The van der Waals surface area contributed by atoms with Gasteiger partial charge in [0.15, 0.2) is 13.6 Å². The first-order valence-corrected chi connectivity index (χ1v) is 12.3. The summed E-state index contributed by atoms with van der Waals surface area (Å²) in [5.74, 6) is 0.314. The number of hydrogen-bond acceptors (Lipinski definition) is 5. The Morgan fingerprint density at radius 2 is 1.41 bits per heavy atom. The highest BCUT2D eigenvalue weighted by Gasteiger charge is 2.33. The second-order valence-electron chi connectivity index (χ2n) is 8.90. The maximum Gasteiger partial charge on any atom is 0.243 e. The molecule has 2 unspecified atom stereocenters. The summed E-state index contributed by atoms with van der Waals surface area (Å²) in [5, 5.41) is 0. The largest absolute Gasteiger partial charge is 0.493 e. The maximum absolute atomic E-state index is 13.4. The zero-order chi connectivity index (χ0) is 24.2. The molecule has 0 heterocycles. The van der Waals surface area contributed by atoms with E-state index >= 15 is 0 Å². The molecular formula is C26H34O5P. The normalized spacial score (nSPS) is 12.8. The van der Waals surface area contributed by atoms with Gasteiger partial charge in [-0.1, -0.05) is 39.0 Å². The van der Waals surface area contributed by atoms with Gasteiger partial charge in [0.1, 0.15) is 17.1 Å². The number of ketones is 1. The number of ether oxygens (including phenoxy) is 2. The van der Waals surface area contributed by atoms with Gasteiger partial charge in [-0.25, -0.2) is 0 Å². The van der Waals surface area contributed by atoms with Crippen molar-refractivity contribution in [1.29, 1.82) is 0 Å². The van der Waals surface area contributed by atoms with E-state index in [0.29, 0.717) is 30.3 Å². The topological polar surface area (TPSA) is 69.7 Å². The van der Waals surface area contributed by atoms with Gasteiger partial charge >= 0.3 is 0 Å². The van der Waals surface area contributed by atoms with Gasteiger partial charge in [0.25, 0.3) is 0 Å². The zero-order valence-corrected chi connectivity index (χ0v) is 21.3. The third kappa shape index (κ3) is 5.45. The molecule has 0 amide bonds.